The SMILES string of the molecule is CN(CCC(=O)O)S(=O)(=O)N1CCC(N)CC1. The van der Waals surface area contributed by atoms with Crippen molar-refractivity contribution in [2.24, 2.45) is 5.73 Å². The van der Waals surface area contributed by atoms with Gasteiger partial charge in [0, 0.05) is 32.7 Å². The molecule has 0 aromatic carbocycles. The molecule has 0 amide bonds. The number of nitrogens with two attached hydrogens (primary N) is 1. The molecular weight excluding hydrogens is 246 g/mol. The van der Waals surface area contributed by atoms with Crippen molar-refractivity contribution in [2.75, 3.05) is 26.7 Å². The van der Waals surface area contributed by atoms with Crippen LogP contribution < -0.4 is 5.73 Å². The van der Waals surface area contributed by atoms with Crippen molar-refractivity contribution in [3.05, 3.63) is 0 Å². The van der Waals surface area contributed by atoms with E-state index >= 15 is 0 Å². The Morgan fingerprint density at radius 1 is 1.47 bits per heavy atom. The number of carboxylic acids is 1. The monoisotopic (exact) mass is 265 g/mol. The minimum absolute atomic E-state index is 0.0137. The quantitative estimate of drug-likeness (QED) is 0.667. The summed E-state index contributed by atoms with van der Waals surface area (Å²) in [5.74, 6) is -1.01. The molecule has 100 valence electrons. The first-order valence-electron chi connectivity index (χ1n) is 5.53. The molecule has 7 nitrogen and oxygen atoms in total. The zero-order valence-corrected chi connectivity index (χ0v) is 10.7. The van der Waals surface area contributed by atoms with Gasteiger partial charge in [-0.25, -0.2) is 0 Å². The summed E-state index contributed by atoms with van der Waals surface area (Å²) in [6.07, 6.45) is 1.10. The predicted octanol–water partition coefficient (Wildman–Crippen LogP) is -0.939. The summed E-state index contributed by atoms with van der Waals surface area (Å²) in [6, 6.07) is 0.0609. The van der Waals surface area contributed by atoms with Crippen molar-refractivity contribution >= 4 is 16.2 Å². The first-order valence-corrected chi connectivity index (χ1v) is 6.92. The summed E-state index contributed by atoms with van der Waals surface area (Å²) in [4.78, 5) is 10.4. The molecule has 0 unspecified atom stereocenters. The van der Waals surface area contributed by atoms with Gasteiger partial charge >= 0.3 is 5.97 Å². The highest BCUT2D eigenvalue weighted by Crippen LogP contribution is 2.15. The van der Waals surface area contributed by atoms with E-state index in [-0.39, 0.29) is 19.0 Å². The molecule has 1 aliphatic heterocycles. The van der Waals surface area contributed by atoms with Gasteiger partial charge in [-0.3, -0.25) is 4.79 Å². The van der Waals surface area contributed by atoms with Crippen LogP contribution in [0.3, 0.4) is 0 Å². The van der Waals surface area contributed by atoms with E-state index in [1.165, 1.54) is 11.4 Å². The summed E-state index contributed by atoms with van der Waals surface area (Å²) in [5.41, 5.74) is 5.70. The fourth-order valence-corrected chi connectivity index (χ4v) is 3.06. The molecule has 1 heterocycles. The molecule has 0 atom stereocenters. The van der Waals surface area contributed by atoms with E-state index in [0.29, 0.717) is 25.9 Å². The fraction of sp³-hybridized carbons (Fsp3) is 0.889. The molecule has 1 aliphatic rings. The van der Waals surface area contributed by atoms with E-state index in [2.05, 4.69) is 0 Å². The third kappa shape index (κ3) is 3.91. The molecule has 1 rings (SSSR count). The highest BCUT2D eigenvalue weighted by atomic mass is 32.2. The average Bonchev–Trinajstić information content (AvgIpc) is 2.26. The summed E-state index contributed by atoms with van der Waals surface area (Å²) in [6.45, 7) is 0.794. The first-order chi connectivity index (χ1) is 7.84. The molecule has 0 aliphatic carbocycles. The molecule has 17 heavy (non-hydrogen) atoms. The zero-order valence-electron chi connectivity index (χ0n) is 9.87. The predicted molar refractivity (Wildman–Crippen MR) is 62.6 cm³/mol. The number of piperidine rings is 1. The van der Waals surface area contributed by atoms with Gasteiger partial charge in [0.1, 0.15) is 0 Å². The van der Waals surface area contributed by atoms with Gasteiger partial charge in [-0.05, 0) is 12.8 Å². The lowest BCUT2D eigenvalue weighted by Gasteiger charge is -2.32. The van der Waals surface area contributed by atoms with Crippen molar-refractivity contribution in [2.45, 2.75) is 25.3 Å². The van der Waals surface area contributed by atoms with Gasteiger partial charge in [0.25, 0.3) is 10.2 Å². The third-order valence-corrected chi connectivity index (χ3v) is 4.85. The van der Waals surface area contributed by atoms with Crippen LogP contribution in [0.4, 0.5) is 0 Å². The zero-order chi connectivity index (χ0) is 13.1. The van der Waals surface area contributed by atoms with Crippen molar-refractivity contribution in [3.8, 4) is 0 Å². The molecule has 1 saturated heterocycles. The lowest BCUT2D eigenvalue weighted by Crippen LogP contribution is -2.48. The topological polar surface area (TPSA) is 104 Å². The van der Waals surface area contributed by atoms with Gasteiger partial charge in [-0.1, -0.05) is 0 Å². The van der Waals surface area contributed by atoms with E-state index in [1.54, 1.807) is 0 Å². The average molecular weight is 265 g/mol. The minimum atomic E-state index is -3.53. The first kappa shape index (κ1) is 14.4. The number of hydrogen-bond donors (Lipinski definition) is 2. The maximum absolute atomic E-state index is 12.0. The van der Waals surface area contributed by atoms with Crippen LogP contribution >= 0.6 is 0 Å². The van der Waals surface area contributed by atoms with Gasteiger partial charge in [-0.15, -0.1) is 0 Å². The summed E-state index contributed by atoms with van der Waals surface area (Å²) >= 11 is 0. The Morgan fingerprint density at radius 2 is 2.00 bits per heavy atom. The standard InChI is InChI=1S/C9H19N3O4S/c1-11(5-4-9(13)14)17(15,16)12-6-2-8(10)3-7-12/h8H,2-7,10H2,1H3,(H,13,14). The number of aliphatic carboxylic acids is 1. The van der Waals surface area contributed by atoms with Crippen LogP contribution in [0, 0.1) is 0 Å². The Morgan fingerprint density at radius 3 is 2.47 bits per heavy atom. The third-order valence-electron chi connectivity index (χ3n) is 2.86. The fourth-order valence-electron chi connectivity index (χ4n) is 1.67. The van der Waals surface area contributed by atoms with E-state index in [4.69, 9.17) is 10.8 Å². The smallest absolute Gasteiger partial charge is 0.304 e. The number of hydrogen-bond acceptors (Lipinski definition) is 4. The molecule has 0 bridgehead atoms. The molecule has 0 spiro atoms. The summed E-state index contributed by atoms with van der Waals surface area (Å²) in [7, 11) is -2.14. The van der Waals surface area contributed by atoms with Gasteiger partial charge < -0.3 is 10.8 Å². The number of nitrogens with zero attached hydrogens (tertiary/aromatic N) is 2. The van der Waals surface area contributed by atoms with Crippen LogP contribution in [0.15, 0.2) is 0 Å². The highest BCUT2D eigenvalue weighted by molar-refractivity contribution is 7.86. The molecule has 1 fully saturated rings. The van der Waals surface area contributed by atoms with E-state index in [1.807, 2.05) is 0 Å². The molecule has 0 radical (unpaired) electrons. The van der Waals surface area contributed by atoms with Crippen molar-refractivity contribution in [1.82, 2.24) is 8.61 Å². The molecule has 0 saturated carbocycles. The summed E-state index contributed by atoms with van der Waals surface area (Å²) < 4.78 is 26.5. The second-order valence-corrected chi connectivity index (χ2v) is 6.24. The van der Waals surface area contributed by atoms with Crippen molar-refractivity contribution in [1.29, 1.82) is 0 Å². The van der Waals surface area contributed by atoms with Crippen LogP contribution in [-0.2, 0) is 15.0 Å². The second kappa shape index (κ2) is 5.76. The summed E-state index contributed by atoms with van der Waals surface area (Å²) in [5, 5.41) is 8.52. The van der Waals surface area contributed by atoms with Crippen LogP contribution in [-0.4, -0.2) is 60.8 Å². The van der Waals surface area contributed by atoms with Gasteiger partial charge in [0.15, 0.2) is 0 Å². The van der Waals surface area contributed by atoms with Gasteiger partial charge in [-0.2, -0.15) is 17.0 Å². The Kier molecular flexibility index (Phi) is 4.87. The van der Waals surface area contributed by atoms with E-state index < -0.39 is 16.2 Å². The Labute approximate surface area is 101 Å². The normalized spacial score (nSPS) is 19.7. The number of carboxylic acid groups (broad SMARTS) is 1. The van der Waals surface area contributed by atoms with Crippen molar-refractivity contribution in [3.63, 3.8) is 0 Å². The lowest BCUT2D eigenvalue weighted by molar-refractivity contribution is -0.137. The largest absolute Gasteiger partial charge is 0.481 e. The number of rotatable bonds is 5. The number of carbonyl (C=O) groups is 1. The lowest BCUT2D eigenvalue weighted by atomic mass is 10.1. The second-order valence-electron chi connectivity index (χ2n) is 4.21. The Hall–Kier alpha value is -0.700. The van der Waals surface area contributed by atoms with Crippen LogP contribution in [0.25, 0.3) is 0 Å². The Balaban J connectivity index is 2.57. The molecule has 0 aromatic rings. The van der Waals surface area contributed by atoms with E-state index in [9.17, 15) is 13.2 Å². The van der Waals surface area contributed by atoms with Gasteiger partial charge in [0.2, 0.25) is 0 Å². The molecular formula is C9H19N3O4S. The highest BCUT2D eigenvalue weighted by Gasteiger charge is 2.30. The maximum Gasteiger partial charge on any atom is 0.304 e. The van der Waals surface area contributed by atoms with Crippen LogP contribution in [0.2, 0.25) is 0 Å². The molecule has 0 aromatic heterocycles. The maximum atomic E-state index is 12.0. The van der Waals surface area contributed by atoms with Crippen LogP contribution in [0.5, 0.6) is 0 Å². The Bertz CT molecular complexity index is 362. The van der Waals surface area contributed by atoms with Crippen molar-refractivity contribution < 1.29 is 18.3 Å². The van der Waals surface area contributed by atoms with Crippen LogP contribution in [0.1, 0.15) is 19.3 Å². The van der Waals surface area contributed by atoms with E-state index in [0.717, 1.165) is 4.31 Å². The molecule has 8 heteroatoms. The molecule has 3 N–H and O–H groups in total. The minimum Gasteiger partial charge on any atom is -0.481 e. The van der Waals surface area contributed by atoms with Gasteiger partial charge in [0.05, 0.1) is 6.42 Å².